The summed E-state index contributed by atoms with van der Waals surface area (Å²) >= 11 is 29.6. The number of carbonyl (C=O) groups is 6. The summed E-state index contributed by atoms with van der Waals surface area (Å²) in [6, 6.07) is 18.0. The lowest BCUT2D eigenvalue weighted by molar-refractivity contribution is -0.151. The van der Waals surface area contributed by atoms with Crippen LogP contribution in [0.1, 0.15) is 50.7 Å². The number of carbonyl (C=O) groups excluding carboxylic acids is 4. The third kappa shape index (κ3) is 11.0. The van der Waals surface area contributed by atoms with Crippen molar-refractivity contribution in [3.63, 3.8) is 0 Å². The maximum atomic E-state index is 13.6. The average Bonchev–Trinajstić information content (AvgIpc) is 3.30. The Morgan fingerprint density at radius 2 is 0.925 bits per heavy atom. The Morgan fingerprint density at radius 1 is 0.582 bits per heavy atom. The monoisotopic (exact) mass is 1010 g/mol. The summed E-state index contributed by atoms with van der Waals surface area (Å²) in [5.74, 6) is -3.10. The van der Waals surface area contributed by atoms with Crippen molar-refractivity contribution < 1.29 is 48.5 Å². The maximum absolute atomic E-state index is 13.6. The van der Waals surface area contributed by atoms with E-state index in [2.05, 4.69) is 10.6 Å². The summed E-state index contributed by atoms with van der Waals surface area (Å²) in [4.78, 5) is 78.9. The summed E-state index contributed by atoms with van der Waals surface area (Å²) in [5, 5.41) is 25.3. The lowest BCUT2D eigenvalue weighted by atomic mass is 9.87. The van der Waals surface area contributed by atoms with E-state index < -0.39 is 46.6 Å². The van der Waals surface area contributed by atoms with E-state index in [9.17, 15) is 39.0 Å². The number of nitrogens with one attached hydrogen (secondary N) is 2. The van der Waals surface area contributed by atoms with Gasteiger partial charge < -0.3 is 40.1 Å². The van der Waals surface area contributed by atoms with Crippen LogP contribution in [-0.2, 0) is 28.8 Å². The zero-order chi connectivity index (χ0) is 48.8. The van der Waals surface area contributed by atoms with Crippen molar-refractivity contribution in [3.05, 3.63) is 104 Å². The van der Waals surface area contributed by atoms with E-state index in [1.165, 1.54) is 61.8 Å². The van der Waals surface area contributed by atoms with Crippen LogP contribution >= 0.6 is 58.2 Å². The van der Waals surface area contributed by atoms with Crippen molar-refractivity contribution >= 4 is 106 Å². The number of hydrogen-bond acceptors (Lipinski definition) is 9. The van der Waals surface area contributed by atoms with E-state index in [0.29, 0.717) is 54.7 Å². The zero-order valence-electron chi connectivity index (χ0n) is 36.7. The second kappa shape index (κ2) is 21.5. The van der Waals surface area contributed by atoms with E-state index in [1.807, 2.05) is 24.3 Å². The largest absolute Gasteiger partial charge is 0.496 e. The van der Waals surface area contributed by atoms with Crippen molar-refractivity contribution in [2.45, 2.75) is 60.4 Å². The molecule has 6 rings (SSSR count). The molecule has 0 saturated carbocycles. The van der Waals surface area contributed by atoms with Crippen molar-refractivity contribution in [1.82, 2.24) is 20.4 Å². The molecule has 14 nitrogen and oxygen atoms in total. The number of hydrogen-bond donors (Lipinski definition) is 4. The van der Waals surface area contributed by atoms with Crippen molar-refractivity contribution in [3.8, 4) is 33.8 Å². The number of methoxy groups -OCH3 is 2. The van der Waals surface area contributed by atoms with Crippen molar-refractivity contribution in [1.29, 1.82) is 0 Å². The fraction of sp³-hybridized carbons (Fsp3) is 0.292. The number of ether oxygens (including phenoxy) is 2. The summed E-state index contributed by atoms with van der Waals surface area (Å²) in [6.07, 6.45) is 5.83. The molecule has 4 N–H and O–H groups in total. The fourth-order valence-corrected chi connectivity index (χ4v) is 10.4. The van der Waals surface area contributed by atoms with Gasteiger partial charge in [-0.1, -0.05) is 94.6 Å². The highest BCUT2D eigenvalue weighted by Gasteiger charge is 2.44. The Balaban J connectivity index is 1.37. The Hall–Kier alpha value is -5.71. The molecule has 0 aromatic heterocycles. The predicted octanol–water partition coefficient (Wildman–Crippen LogP) is 8.99. The molecular formula is C48H46Cl4N4O10S. The lowest BCUT2D eigenvalue weighted by Gasteiger charge is -2.38. The zero-order valence-corrected chi connectivity index (χ0v) is 40.6. The fourth-order valence-electron chi connectivity index (χ4n) is 8.20. The van der Waals surface area contributed by atoms with Gasteiger partial charge in [0.1, 0.15) is 22.6 Å². The summed E-state index contributed by atoms with van der Waals surface area (Å²) in [7, 11) is 3.05. The number of rotatable bonds is 14. The van der Waals surface area contributed by atoms with Crippen LogP contribution in [0.3, 0.4) is 0 Å². The van der Waals surface area contributed by atoms with Crippen LogP contribution in [0, 0.1) is 0 Å². The number of nitrogens with zero attached hydrogens (tertiary/aromatic N) is 2. The number of piperidine rings is 2. The Bertz CT molecular complexity index is 2510. The minimum atomic E-state index is -1.48. The molecule has 0 bridgehead atoms. The molecule has 2 saturated heterocycles. The van der Waals surface area contributed by atoms with Gasteiger partial charge in [0.15, 0.2) is 0 Å². The number of likely N-dealkylation sites (tertiary alicyclic amines) is 2. The number of carboxylic acid groups (broad SMARTS) is 2. The van der Waals surface area contributed by atoms with E-state index in [4.69, 9.17) is 55.9 Å². The van der Waals surface area contributed by atoms with Gasteiger partial charge in [0.05, 0.1) is 34.3 Å². The molecule has 0 radical (unpaired) electrons. The first-order chi connectivity index (χ1) is 31.8. The topological polar surface area (TPSA) is 192 Å². The van der Waals surface area contributed by atoms with E-state index in [0.717, 1.165) is 0 Å². The van der Waals surface area contributed by atoms with Crippen LogP contribution in [0.4, 0.5) is 0 Å². The summed E-state index contributed by atoms with van der Waals surface area (Å²) < 4.78 is 11.5. The molecule has 352 valence electrons. The van der Waals surface area contributed by atoms with Crippen LogP contribution in [0.25, 0.3) is 34.4 Å². The minimum absolute atomic E-state index is 0.0185. The number of aliphatic carboxylic acids is 2. The van der Waals surface area contributed by atoms with Gasteiger partial charge in [-0.2, -0.15) is 0 Å². The molecule has 4 amide bonds. The molecule has 2 fully saturated rings. The van der Waals surface area contributed by atoms with Crippen molar-refractivity contribution in [2.75, 3.05) is 40.4 Å². The Kier molecular flexibility index (Phi) is 16.3. The highest BCUT2D eigenvalue weighted by atomic mass is 35.5. The second-order valence-electron chi connectivity index (χ2n) is 15.9. The molecule has 2 aliphatic rings. The van der Waals surface area contributed by atoms with E-state index in [1.54, 1.807) is 48.6 Å². The molecule has 19 heteroatoms. The Morgan fingerprint density at radius 3 is 1.24 bits per heavy atom. The third-order valence-electron chi connectivity index (χ3n) is 11.7. The van der Waals surface area contributed by atoms with Crippen LogP contribution in [0.5, 0.6) is 11.5 Å². The van der Waals surface area contributed by atoms with Gasteiger partial charge in [-0.15, -0.1) is 0 Å². The molecule has 0 atom stereocenters. The number of benzene rings is 4. The van der Waals surface area contributed by atoms with Crippen molar-refractivity contribution in [2.24, 2.45) is 0 Å². The molecule has 4 aromatic rings. The minimum Gasteiger partial charge on any atom is -0.496 e. The SMILES string of the molecule is COc1ccccc1-c1cc(Sc2cc(-c3ccccc3OC)c(C=CC(=O)N3CCC(NC(C)=O)(C(=O)O)CC3)c(Cl)c2Cl)c(Cl)c(Cl)c1C=CC(=O)N1CCC(NC(C)=O)(C(=O)O)CC1. The second-order valence-corrected chi connectivity index (χ2v) is 18.5. The van der Waals surface area contributed by atoms with Gasteiger partial charge in [0, 0.05) is 84.2 Å². The summed E-state index contributed by atoms with van der Waals surface area (Å²) in [5.41, 5.74) is 0.181. The molecule has 4 aromatic carbocycles. The van der Waals surface area contributed by atoms with Gasteiger partial charge in [0.2, 0.25) is 23.6 Å². The highest BCUT2D eigenvalue weighted by molar-refractivity contribution is 7.99. The van der Waals surface area contributed by atoms with Gasteiger partial charge >= 0.3 is 11.9 Å². The molecule has 67 heavy (non-hydrogen) atoms. The van der Waals surface area contributed by atoms with Crippen LogP contribution in [-0.4, -0.2) is 107 Å². The average molecular weight is 1010 g/mol. The first-order valence-corrected chi connectivity index (χ1v) is 23.1. The number of halogens is 4. The van der Waals surface area contributed by atoms with Crippen LogP contribution in [0.15, 0.2) is 82.6 Å². The first-order valence-electron chi connectivity index (χ1n) is 20.8. The normalized spacial score (nSPS) is 15.6. The predicted molar refractivity (Wildman–Crippen MR) is 259 cm³/mol. The first kappa shape index (κ1) is 50.7. The van der Waals surface area contributed by atoms with Crippen LogP contribution in [0.2, 0.25) is 20.1 Å². The molecular weight excluding hydrogens is 966 g/mol. The molecule has 2 heterocycles. The van der Waals surface area contributed by atoms with E-state index >= 15 is 0 Å². The summed E-state index contributed by atoms with van der Waals surface area (Å²) in [6.45, 7) is 2.83. The number of amides is 4. The molecule has 0 unspecified atom stereocenters. The number of carboxylic acids is 2. The van der Waals surface area contributed by atoms with Gasteiger partial charge in [-0.05, 0) is 73.2 Å². The van der Waals surface area contributed by atoms with Gasteiger partial charge in [-0.3, -0.25) is 19.2 Å². The third-order valence-corrected chi connectivity index (χ3v) is 14.8. The number of para-hydroxylation sites is 2. The standard InChI is InChI=1S/C48H46Cl4N4O10S/c1-27(57)53-47(45(61)62)17-21-55(22-18-47)39(59)15-13-31-33(29-9-5-7-11-35(29)65-3)25-37(43(51)41(31)49)67-38-26-34(30-10-6-8-12-36(30)66-4)32(42(50)44(38)52)14-16-40(60)56-23-19-48(20-24-56,46(63)64)54-28(2)58/h5-16,25-26H,17-24H2,1-4H3,(H,53,57)(H,54,58)(H,61,62)(H,63,64). The van der Waals surface area contributed by atoms with Gasteiger partial charge in [-0.25, -0.2) is 9.59 Å². The molecule has 0 aliphatic carbocycles. The van der Waals surface area contributed by atoms with Crippen LogP contribution < -0.4 is 20.1 Å². The molecule has 2 aliphatic heterocycles. The maximum Gasteiger partial charge on any atom is 0.329 e. The Labute approximate surface area is 411 Å². The van der Waals surface area contributed by atoms with E-state index in [-0.39, 0.29) is 72.0 Å². The van der Waals surface area contributed by atoms with Gasteiger partial charge in [0.25, 0.3) is 0 Å². The lowest BCUT2D eigenvalue weighted by Crippen LogP contribution is -2.60. The highest BCUT2D eigenvalue weighted by Crippen LogP contribution is 2.50. The smallest absolute Gasteiger partial charge is 0.329 e. The molecule has 0 spiro atoms. The quantitative estimate of drug-likeness (QED) is 0.0882.